The van der Waals surface area contributed by atoms with Gasteiger partial charge in [0.2, 0.25) is 0 Å². The Morgan fingerprint density at radius 2 is 1.88 bits per heavy atom. The Labute approximate surface area is 99.3 Å². The molecule has 16 heavy (non-hydrogen) atoms. The molecule has 0 amide bonds. The zero-order valence-corrected chi connectivity index (χ0v) is 10.3. The summed E-state index contributed by atoms with van der Waals surface area (Å²) in [6.45, 7) is 1.45. The number of Topliss-reactive ketones (excluding diaryl/α,β-unsaturated/α-hetero) is 1. The predicted octanol–water partition coefficient (Wildman–Crippen LogP) is 1.45. The molecule has 1 aromatic rings. The molecular formula is C10H12ClNO3S. The summed E-state index contributed by atoms with van der Waals surface area (Å²) in [5.74, 6) is -0.787. The number of nitrogens with two attached hydrogens (primary N) is 1. The van der Waals surface area contributed by atoms with Crippen LogP contribution in [0.2, 0.25) is 0 Å². The largest absolute Gasteiger partial charge is 0.399 e. The zero-order chi connectivity index (χ0) is 12.3. The molecule has 0 aliphatic carbocycles. The second kappa shape index (κ2) is 4.84. The van der Waals surface area contributed by atoms with Gasteiger partial charge in [-0.2, -0.15) is 0 Å². The number of halogens is 1. The van der Waals surface area contributed by atoms with Crippen LogP contribution in [0.1, 0.15) is 17.3 Å². The van der Waals surface area contributed by atoms with Gasteiger partial charge in [0, 0.05) is 17.0 Å². The monoisotopic (exact) mass is 261 g/mol. The molecule has 0 saturated carbocycles. The van der Waals surface area contributed by atoms with E-state index in [1.165, 1.54) is 31.2 Å². The van der Waals surface area contributed by atoms with E-state index < -0.39 is 20.3 Å². The van der Waals surface area contributed by atoms with Crippen LogP contribution >= 0.6 is 11.6 Å². The van der Waals surface area contributed by atoms with Gasteiger partial charge < -0.3 is 5.73 Å². The van der Waals surface area contributed by atoms with Crippen molar-refractivity contribution in [2.24, 2.45) is 0 Å². The first kappa shape index (κ1) is 13.0. The standard InChI is InChI=1S/C10H12ClNO3S/c1-2-16(14,15)10(11)9(13)7-3-5-8(12)6-4-7/h3-6,10H,2,12H2,1H3/t10-/m0/s1. The minimum atomic E-state index is -3.57. The zero-order valence-electron chi connectivity index (χ0n) is 8.68. The van der Waals surface area contributed by atoms with E-state index >= 15 is 0 Å². The lowest BCUT2D eigenvalue weighted by atomic mass is 10.1. The highest BCUT2D eigenvalue weighted by Gasteiger charge is 2.29. The van der Waals surface area contributed by atoms with E-state index in [1.807, 2.05) is 0 Å². The molecule has 0 unspecified atom stereocenters. The molecule has 0 saturated heterocycles. The van der Waals surface area contributed by atoms with Crippen LogP contribution in [-0.4, -0.2) is 24.7 Å². The molecule has 0 aliphatic rings. The minimum Gasteiger partial charge on any atom is -0.399 e. The maximum Gasteiger partial charge on any atom is 0.197 e. The molecule has 0 spiro atoms. The summed E-state index contributed by atoms with van der Waals surface area (Å²) in [4.78, 5) is 11.7. The summed E-state index contributed by atoms with van der Waals surface area (Å²) in [6, 6.07) is 5.96. The summed E-state index contributed by atoms with van der Waals surface area (Å²) >= 11 is 5.63. The van der Waals surface area contributed by atoms with Gasteiger partial charge in [-0.1, -0.05) is 18.5 Å². The molecule has 0 bridgehead atoms. The second-order valence-corrected chi connectivity index (χ2v) is 6.32. The molecule has 0 radical (unpaired) electrons. The van der Waals surface area contributed by atoms with E-state index in [2.05, 4.69) is 0 Å². The topological polar surface area (TPSA) is 77.2 Å². The Hall–Kier alpha value is -1.07. The van der Waals surface area contributed by atoms with E-state index in [1.54, 1.807) is 0 Å². The van der Waals surface area contributed by atoms with Gasteiger partial charge >= 0.3 is 0 Å². The molecule has 4 nitrogen and oxygen atoms in total. The number of alkyl halides is 1. The third-order valence-corrected chi connectivity index (χ3v) is 4.78. The Morgan fingerprint density at radius 1 is 1.38 bits per heavy atom. The van der Waals surface area contributed by atoms with Gasteiger partial charge in [0.25, 0.3) is 0 Å². The lowest BCUT2D eigenvalue weighted by Gasteiger charge is -2.08. The third kappa shape index (κ3) is 2.74. The molecule has 0 aromatic heterocycles. The quantitative estimate of drug-likeness (QED) is 0.506. The molecule has 0 fully saturated rings. The van der Waals surface area contributed by atoms with Crippen molar-refractivity contribution in [1.29, 1.82) is 0 Å². The number of rotatable bonds is 4. The number of hydrogen-bond donors (Lipinski definition) is 1. The molecule has 1 atom stereocenters. The molecular weight excluding hydrogens is 250 g/mol. The summed E-state index contributed by atoms with van der Waals surface area (Å²) in [5, 5.41) is 0. The number of nitrogen functional groups attached to an aromatic ring is 1. The van der Waals surface area contributed by atoms with Crippen molar-refractivity contribution in [2.45, 2.75) is 11.6 Å². The van der Waals surface area contributed by atoms with E-state index in [4.69, 9.17) is 17.3 Å². The minimum absolute atomic E-state index is 0.165. The predicted molar refractivity (Wildman–Crippen MR) is 64.3 cm³/mol. The third-order valence-electron chi connectivity index (χ3n) is 2.12. The summed E-state index contributed by atoms with van der Waals surface area (Å²) < 4.78 is 21.3. The Bertz CT molecular complexity index is 481. The van der Waals surface area contributed by atoms with Crippen LogP contribution in [0.4, 0.5) is 5.69 Å². The fourth-order valence-electron chi connectivity index (χ4n) is 1.09. The highest BCUT2D eigenvalue weighted by molar-refractivity contribution is 7.94. The lowest BCUT2D eigenvalue weighted by molar-refractivity contribution is 0.101. The molecule has 1 aromatic carbocycles. The van der Waals surface area contributed by atoms with Crippen LogP contribution in [0.5, 0.6) is 0 Å². The number of carbonyl (C=O) groups excluding carboxylic acids is 1. The Kier molecular flexibility index (Phi) is 3.93. The summed E-state index contributed by atoms with van der Waals surface area (Å²) in [5.41, 5.74) is 6.20. The smallest absolute Gasteiger partial charge is 0.197 e. The van der Waals surface area contributed by atoms with Gasteiger partial charge in [-0.25, -0.2) is 8.42 Å². The number of anilines is 1. The first-order chi connectivity index (χ1) is 7.38. The van der Waals surface area contributed by atoms with Crippen molar-refractivity contribution in [1.82, 2.24) is 0 Å². The van der Waals surface area contributed by atoms with E-state index in [0.29, 0.717) is 5.69 Å². The van der Waals surface area contributed by atoms with Crippen LogP contribution in [0, 0.1) is 0 Å². The van der Waals surface area contributed by atoms with Gasteiger partial charge in [-0.15, -0.1) is 0 Å². The maximum absolute atomic E-state index is 11.7. The lowest BCUT2D eigenvalue weighted by Crippen LogP contribution is -2.26. The van der Waals surface area contributed by atoms with E-state index in [9.17, 15) is 13.2 Å². The molecule has 88 valence electrons. The highest BCUT2D eigenvalue weighted by atomic mass is 35.5. The Balaban J connectivity index is 2.99. The fourth-order valence-corrected chi connectivity index (χ4v) is 2.35. The first-order valence-electron chi connectivity index (χ1n) is 4.64. The van der Waals surface area contributed by atoms with Crippen LogP contribution in [0.15, 0.2) is 24.3 Å². The number of hydrogen-bond acceptors (Lipinski definition) is 4. The normalized spacial score (nSPS) is 13.4. The van der Waals surface area contributed by atoms with E-state index in [-0.39, 0.29) is 11.3 Å². The van der Waals surface area contributed by atoms with Crippen molar-refractivity contribution in [3.05, 3.63) is 29.8 Å². The molecule has 1 rings (SSSR count). The molecule has 0 aliphatic heterocycles. The van der Waals surface area contributed by atoms with Crippen LogP contribution in [0.25, 0.3) is 0 Å². The van der Waals surface area contributed by atoms with Crippen molar-refractivity contribution >= 4 is 32.9 Å². The van der Waals surface area contributed by atoms with Gasteiger partial charge in [-0.05, 0) is 24.3 Å². The number of benzene rings is 1. The number of ketones is 1. The fraction of sp³-hybridized carbons (Fsp3) is 0.300. The van der Waals surface area contributed by atoms with Gasteiger partial charge in [0.1, 0.15) is 0 Å². The van der Waals surface area contributed by atoms with Crippen LogP contribution in [-0.2, 0) is 9.84 Å². The second-order valence-electron chi connectivity index (χ2n) is 3.25. The van der Waals surface area contributed by atoms with Gasteiger partial charge in [0.05, 0.1) is 0 Å². The number of sulfone groups is 1. The van der Waals surface area contributed by atoms with Crippen molar-refractivity contribution in [3.63, 3.8) is 0 Å². The SMILES string of the molecule is CCS(=O)(=O)[C@H](Cl)C(=O)c1ccc(N)cc1. The summed E-state index contributed by atoms with van der Waals surface area (Å²) in [7, 11) is -3.57. The number of carbonyl (C=O) groups is 1. The highest BCUT2D eigenvalue weighted by Crippen LogP contribution is 2.16. The maximum atomic E-state index is 11.7. The van der Waals surface area contributed by atoms with Gasteiger partial charge in [-0.3, -0.25) is 4.79 Å². The van der Waals surface area contributed by atoms with Crippen molar-refractivity contribution in [3.8, 4) is 0 Å². The van der Waals surface area contributed by atoms with Crippen molar-refractivity contribution < 1.29 is 13.2 Å². The van der Waals surface area contributed by atoms with Gasteiger partial charge in [0.15, 0.2) is 20.3 Å². The Morgan fingerprint density at radius 3 is 2.31 bits per heavy atom. The van der Waals surface area contributed by atoms with Crippen LogP contribution in [0.3, 0.4) is 0 Å². The van der Waals surface area contributed by atoms with Crippen LogP contribution < -0.4 is 5.73 Å². The van der Waals surface area contributed by atoms with E-state index in [0.717, 1.165) is 0 Å². The average molecular weight is 262 g/mol. The first-order valence-corrected chi connectivity index (χ1v) is 6.79. The van der Waals surface area contributed by atoms with Crippen molar-refractivity contribution in [2.75, 3.05) is 11.5 Å². The molecule has 0 heterocycles. The summed E-state index contributed by atoms with van der Waals surface area (Å²) in [6.07, 6.45) is 0. The molecule has 2 N–H and O–H groups in total. The average Bonchev–Trinajstić information content (AvgIpc) is 2.28. The molecule has 6 heteroatoms.